The van der Waals surface area contributed by atoms with Crippen LogP contribution < -0.4 is 16.6 Å². The first-order chi connectivity index (χ1) is 11.7. The number of rotatable bonds is 3. The van der Waals surface area contributed by atoms with Crippen molar-refractivity contribution in [2.45, 2.75) is 38.7 Å². The zero-order valence-electron chi connectivity index (χ0n) is 14.9. The standard InChI is InChI=1S/C18H26N4O3/c1-18(2,3)25-17(24)21-10-8-16(23)15(12-21)13-4-6-14(7-5-13)22(20)11-9-19/h4-7,9,11,15H,8,10,12,19-20H2,1-3H3/b11-9-. The van der Waals surface area contributed by atoms with Crippen LogP contribution in [-0.2, 0) is 9.53 Å². The van der Waals surface area contributed by atoms with Crippen molar-refractivity contribution in [3.05, 3.63) is 42.2 Å². The van der Waals surface area contributed by atoms with Crippen LogP contribution in [0, 0.1) is 0 Å². The second-order valence-corrected chi connectivity index (χ2v) is 7.04. The number of benzene rings is 1. The van der Waals surface area contributed by atoms with Gasteiger partial charge < -0.3 is 15.4 Å². The molecule has 2 rings (SSSR count). The smallest absolute Gasteiger partial charge is 0.410 e. The summed E-state index contributed by atoms with van der Waals surface area (Å²) in [5.41, 5.74) is 6.37. The minimum absolute atomic E-state index is 0.124. The molecule has 1 heterocycles. The third-order valence-electron chi connectivity index (χ3n) is 3.91. The van der Waals surface area contributed by atoms with Crippen molar-refractivity contribution in [2.75, 3.05) is 18.1 Å². The lowest BCUT2D eigenvalue weighted by molar-refractivity contribution is -0.123. The third-order valence-corrected chi connectivity index (χ3v) is 3.91. The lowest BCUT2D eigenvalue weighted by Gasteiger charge is -2.33. The highest BCUT2D eigenvalue weighted by molar-refractivity contribution is 5.88. The van der Waals surface area contributed by atoms with E-state index in [9.17, 15) is 9.59 Å². The Morgan fingerprint density at radius 1 is 1.32 bits per heavy atom. The van der Waals surface area contributed by atoms with Crippen LogP contribution in [0.4, 0.5) is 10.5 Å². The predicted octanol–water partition coefficient (Wildman–Crippen LogP) is 2.09. The van der Waals surface area contributed by atoms with Gasteiger partial charge in [0.05, 0.1) is 11.6 Å². The molecule has 1 aliphatic heterocycles. The van der Waals surface area contributed by atoms with Gasteiger partial charge in [-0.05, 0) is 38.5 Å². The average molecular weight is 346 g/mol. The van der Waals surface area contributed by atoms with E-state index in [1.165, 1.54) is 17.4 Å². The van der Waals surface area contributed by atoms with E-state index in [0.29, 0.717) is 19.5 Å². The molecule has 0 saturated carbocycles. The Morgan fingerprint density at radius 2 is 1.96 bits per heavy atom. The van der Waals surface area contributed by atoms with Gasteiger partial charge in [0.2, 0.25) is 0 Å². The van der Waals surface area contributed by atoms with Gasteiger partial charge in [-0.1, -0.05) is 12.1 Å². The maximum atomic E-state index is 12.3. The summed E-state index contributed by atoms with van der Waals surface area (Å²) in [5.74, 6) is 5.58. The van der Waals surface area contributed by atoms with Crippen LogP contribution in [0.25, 0.3) is 0 Å². The minimum Gasteiger partial charge on any atom is -0.444 e. The fraction of sp³-hybridized carbons (Fsp3) is 0.444. The van der Waals surface area contributed by atoms with Gasteiger partial charge in [0, 0.05) is 31.9 Å². The fourth-order valence-corrected chi connectivity index (χ4v) is 2.67. The Balaban J connectivity index is 2.11. The van der Waals surface area contributed by atoms with Crippen molar-refractivity contribution in [3.8, 4) is 0 Å². The molecule has 0 aromatic heterocycles. The van der Waals surface area contributed by atoms with Gasteiger partial charge in [-0.3, -0.25) is 9.80 Å². The Bertz CT molecular complexity index is 649. The van der Waals surface area contributed by atoms with Crippen molar-refractivity contribution >= 4 is 17.6 Å². The van der Waals surface area contributed by atoms with Crippen LogP contribution in [0.2, 0.25) is 0 Å². The molecule has 0 radical (unpaired) electrons. The van der Waals surface area contributed by atoms with Crippen molar-refractivity contribution < 1.29 is 14.3 Å². The van der Waals surface area contributed by atoms with Crippen molar-refractivity contribution in [2.24, 2.45) is 11.6 Å². The van der Waals surface area contributed by atoms with Gasteiger partial charge in [-0.15, -0.1) is 0 Å². The molecular formula is C18H26N4O3. The summed E-state index contributed by atoms with van der Waals surface area (Å²) >= 11 is 0. The third kappa shape index (κ3) is 4.96. The molecule has 7 heteroatoms. The molecule has 1 unspecified atom stereocenters. The summed E-state index contributed by atoms with van der Waals surface area (Å²) in [7, 11) is 0. The molecule has 136 valence electrons. The molecule has 1 fully saturated rings. The van der Waals surface area contributed by atoms with Crippen molar-refractivity contribution in [1.29, 1.82) is 0 Å². The number of carbonyl (C=O) groups excluding carboxylic acids is 2. The van der Waals surface area contributed by atoms with E-state index >= 15 is 0 Å². The number of anilines is 1. The Hall–Kier alpha value is -2.54. The number of likely N-dealkylation sites (tertiary alicyclic amines) is 1. The number of nitrogens with zero attached hydrogens (tertiary/aromatic N) is 2. The van der Waals surface area contributed by atoms with Crippen LogP contribution in [0.3, 0.4) is 0 Å². The Kier molecular flexibility index (Phi) is 5.69. The molecule has 0 bridgehead atoms. The number of Topliss-reactive ketones (excluding diaryl/α,β-unsaturated/α-hetero) is 1. The van der Waals surface area contributed by atoms with Crippen LogP contribution in [0.1, 0.15) is 38.7 Å². The molecular weight excluding hydrogens is 320 g/mol. The summed E-state index contributed by atoms with van der Waals surface area (Å²) < 4.78 is 5.41. The SMILES string of the molecule is CC(C)(C)OC(=O)N1CCC(=O)C(c2ccc(N(N)/C=C\N)cc2)C1. The van der Waals surface area contributed by atoms with E-state index in [-0.39, 0.29) is 17.8 Å². The Labute approximate surface area is 148 Å². The number of hydrogen-bond acceptors (Lipinski definition) is 6. The van der Waals surface area contributed by atoms with Crippen LogP contribution in [0.15, 0.2) is 36.7 Å². The molecule has 1 aliphatic rings. The van der Waals surface area contributed by atoms with Crippen molar-refractivity contribution in [1.82, 2.24) is 4.90 Å². The quantitative estimate of drug-likeness (QED) is 0.642. The van der Waals surface area contributed by atoms with Gasteiger partial charge in [-0.25, -0.2) is 10.6 Å². The molecule has 1 saturated heterocycles. The van der Waals surface area contributed by atoms with Crippen LogP contribution in [0.5, 0.6) is 0 Å². The molecule has 1 amide bonds. The number of carbonyl (C=O) groups is 2. The topological polar surface area (TPSA) is 102 Å². The summed E-state index contributed by atoms with van der Waals surface area (Å²) in [5, 5.41) is 1.39. The monoisotopic (exact) mass is 346 g/mol. The first-order valence-electron chi connectivity index (χ1n) is 8.24. The maximum Gasteiger partial charge on any atom is 0.410 e. The largest absolute Gasteiger partial charge is 0.444 e. The molecule has 7 nitrogen and oxygen atoms in total. The van der Waals surface area contributed by atoms with Gasteiger partial charge >= 0.3 is 6.09 Å². The lowest BCUT2D eigenvalue weighted by atomic mass is 9.89. The number of amides is 1. The van der Waals surface area contributed by atoms with Gasteiger partial charge in [0.25, 0.3) is 0 Å². The predicted molar refractivity (Wildman–Crippen MR) is 96.6 cm³/mol. The highest BCUT2D eigenvalue weighted by Gasteiger charge is 2.33. The number of ether oxygens (including phenoxy) is 1. The second-order valence-electron chi connectivity index (χ2n) is 7.04. The molecule has 25 heavy (non-hydrogen) atoms. The van der Waals surface area contributed by atoms with Gasteiger partial charge in [0.15, 0.2) is 0 Å². The molecule has 1 atom stereocenters. The summed E-state index contributed by atoms with van der Waals surface area (Å²) in [6, 6.07) is 7.32. The second kappa shape index (κ2) is 7.57. The summed E-state index contributed by atoms with van der Waals surface area (Å²) in [4.78, 5) is 26.2. The van der Waals surface area contributed by atoms with E-state index in [4.69, 9.17) is 16.3 Å². The van der Waals surface area contributed by atoms with Crippen LogP contribution in [-0.4, -0.2) is 35.5 Å². The summed E-state index contributed by atoms with van der Waals surface area (Å²) in [6.07, 6.45) is 2.82. The van der Waals surface area contributed by atoms with Crippen LogP contribution >= 0.6 is 0 Å². The zero-order valence-corrected chi connectivity index (χ0v) is 14.9. The highest BCUT2D eigenvalue weighted by atomic mass is 16.6. The number of hydrazine groups is 1. The molecule has 0 spiro atoms. The Morgan fingerprint density at radius 3 is 2.52 bits per heavy atom. The minimum atomic E-state index is -0.559. The van der Waals surface area contributed by atoms with E-state index < -0.39 is 5.60 Å². The maximum absolute atomic E-state index is 12.3. The first kappa shape index (κ1) is 18.8. The van der Waals surface area contributed by atoms with Gasteiger partial charge in [-0.2, -0.15) is 0 Å². The molecule has 1 aromatic carbocycles. The fourth-order valence-electron chi connectivity index (χ4n) is 2.67. The lowest BCUT2D eigenvalue weighted by Crippen LogP contribution is -2.45. The number of piperidine rings is 1. The van der Waals surface area contributed by atoms with Gasteiger partial charge in [0.1, 0.15) is 11.4 Å². The zero-order chi connectivity index (χ0) is 18.6. The summed E-state index contributed by atoms with van der Waals surface area (Å²) in [6.45, 7) is 6.18. The molecule has 1 aromatic rings. The van der Waals surface area contributed by atoms with E-state index in [2.05, 4.69) is 0 Å². The molecule has 4 N–H and O–H groups in total. The average Bonchev–Trinajstić information content (AvgIpc) is 2.54. The number of hydrogen-bond donors (Lipinski definition) is 2. The van der Waals surface area contributed by atoms with E-state index in [1.807, 2.05) is 45.0 Å². The van der Waals surface area contributed by atoms with Crippen molar-refractivity contribution in [3.63, 3.8) is 0 Å². The number of nitrogens with two attached hydrogens (primary N) is 2. The molecule has 0 aliphatic carbocycles. The van der Waals surface area contributed by atoms with E-state index in [0.717, 1.165) is 11.3 Å². The van der Waals surface area contributed by atoms with E-state index in [1.54, 1.807) is 4.90 Å². The first-order valence-corrected chi connectivity index (χ1v) is 8.24. The highest BCUT2D eigenvalue weighted by Crippen LogP contribution is 2.27. The number of ketones is 1. The normalized spacial score (nSPS) is 18.5.